The molecule has 84 valence electrons. The minimum atomic E-state index is -1.33. The van der Waals surface area contributed by atoms with Crippen LogP contribution in [0.15, 0.2) is 0 Å². The van der Waals surface area contributed by atoms with Gasteiger partial charge < -0.3 is 14.2 Å². The maximum absolute atomic E-state index is 11.2. The van der Waals surface area contributed by atoms with Gasteiger partial charge in [0.25, 0.3) is 0 Å². The number of alkyl halides is 1. The van der Waals surface area contributed by atoms with Crippen molar-refractivity contribution in [1.82, 2.24) is 0 Å². The van der Waals surface area contributed by atoms with E-state index in [0.717, 1.165) is 0 Å². The molecule has 14 heavy (non-hydrogen) atoms. The fourth-order valence-electron chi connectivity index (χ4n) is 0.889. The van der Waals surface area contributed by atoms with Crippen LogP contribution in [-0.2, 0) is 19.0 Å². The fourth-order valence-corrected chi connectivity index (χ4v) is 0.933. The zero-order chi connectivity index (χ0) is 11.2. The van der Waals surface area contributed by atoms with E-state index in [1.807, 2.05) is 0 Å². The molecule has 0 radical (unpaired) electrons. The van der Waals surface area contributed by atoms with Gasteiger partial charge in [0.2, 0.25) is 0 Å². The van der Waals surface area contributed by atoms with Crippen molar-refractivity contribution in [3.63, 3.8) is 0 Å². The molecule has 0 aromatic heterocycles. The zero-order valence-electron chi connectivity index (χ0n) is 9.00. The van der Waals surface area contributed by atoms with Crippen molar-refractivity contribution < 1.29 is 19.0 Å². The SMILES string of the molecule is CCOC(C)(OCC)OC(=O)C(C)Cl. The van der Waals surface area contributed by atoms with Crippen LogP contribution in [0.4, 0.5) is 0 Å². The second-order valence-corrected chi connectivity index (χ2v) is 3.42. The van der Waals surface area contributed by atoms with E-state index in [-0.39, 0.29) is 0 Å². The van der Waals surface area contributed by atoms with Crippen LogP contribution in [0.1, 0.15) is 27.7 Å². The number of hydrogen-bond donors (Lipinski definition) is 0. The molecule has 0 fully saturated rings. The summed E-state index contributed by atoms with van der Waals surface area (Å²) in [5.74, 6) is -1.89. The first kappa shape index (κ1) is 13.7. The van der Waals surface area contributed by atoms with Crippen LogP contribution in [-0.4, -0.2) is 30.5 Å². The summed E-state index contributed by atoms with van der Waals surface area (Å²) < 4.78 is 15.3. The van der Waals surface area contributed by atoms with Gasteiger partial charge in [-0.25, -0.2) is 0 Å². The van der Waals surface area contributed by atoms with Crippen LogP contribution in [0.2, 0.25) is 0 Å². The van der Waals surface area contributed by atoms with Crippen LogP contribution in [0, 0.1) is 0 Å². The van der Waals surface area contributed by atoms with Crippen molar-refractivity contribution in [3.8, 4) is 0 Å². The number of carbonyl (C=O) groups is 1. The first-order chi connectivity index (χ1) is 6.45. The van der Waals surface area contributed by atoms with Gasteiger partial charge in [0.05, 0.1) is 13.2 Å². The van der Waals surface area contributed by atoms with Crippen LogP contribution >= 0.6 is 11.6 Å². The number of halogens is 1. The zero-order valence-corrected chi connectivity index (χ0v) is 9.76. The van der Waals surface area contributed by atoms with Crippen molar-refractivity contribution in [3.05, 3.63) is 0 Å². The third-order valence-corrected chi connectivity index (χ3v) is 1.60. The Balaban J connectivity index is 4.27. The van der Waals surface area contributed by atoms with E-state index in [4.69, 9.17) is 25.8 Å². The molecule has 4 nitrogen and oxygen atoms in total. The fraction of sp³-hybridized carbons (Fsp3) is 0.889. The van der Waals surface area contributed by atoms with Crippen LogP contribution < -0.4 is 0 Å². The first-order valence-corrected chi connectivity index (χ1v) is 5.03. The van der Waals surface area contributed by atoms with Crippen molar-refractivity contribution in [2.24, 2.45) is 0 Å². The predicted octanol–water partition coefficient (Wildman–Crippen LogP) is 1.90. The molecule has 0 aromatic carbocycles. The van der Waals surface area contributed by atoms with Crippen molar-refractivity contribution in [2.45, 2.75) is 39.0 Å². The number of ether oxygens (including phenoxy) is 3. The molecular formula is C9H17ClO4. The van der Waals surface area contributed by atoms with Crippen LogP contribution in [0.5, 0.6) is 0 Å². The highest BCUT2D eigenvalue weighted by Gasteiger charge is 2.31. The molecule has 1 unspecified atom stereocenters. The van der Waals surface area contributed by atoms with E-state index in [1.54, 1.807) is 13.8 Å². The maximum Gasteiger partial charge on any atom is 0.328 e. The molecule has 0 heterocycles. The first-order valence-electron chi connectivity index (χ1n) is 4.60. The van der Waals surface area contributed by atoms with E-state index >= 15 is 0 Å². The Morgan fingerprint density at radius 1 is 1.36 bits per heavy atom. The summed E-state index contributed by atoms with van der Waals surface area (Å²) in [6.07, 6.45) is 0. The molecule has 0 rings (SSSR count). The molecule has 0 saturated heterocycles. The van der Waals surface area contributed by atoms with Gasteiger partial charge in [0.1, 0.15) is 5.38 Å². The van der Waals surface area contributed by atoms with Gasteiger partial charge in [0, 0.05) is 6.92 Å². The maximum atomic E-state index is 11.2. The number of carbonyl (C=O) groups excluding carboxylic acids is 1. The van der Waals surface area contributed by atoms with Gasteiger partial charge in [-0.1, -0.05) is 0 Å². The molecule has 0 aliphatic carbocycles. The molecular weight excluding hydrogens is 208 g/mol. The third kappa shape index (κ3) is 4.79. The molecule has 1 atom stereocenters. The number of hydrogen-bond acceptors (Lipinski definition) is 4. The van der Waals surface area contributed by atoms with Gasteiger partial charge >= 0.3 is 11.9 Å². The summed E-state index contributed by atoms with van der Waals surface area (Å²) in [6.45, 7) is 7.42. The third-order valence-electron chi connectivity index (χ3n) is 1.42. The molecule has 0 spiro atoms. The minimum absolute atomic E-state index is 0.389. The Morgan fingerprint density at radius 2 is 1.79 bits per heavy atom. The van der Waals surface area contributed by atoms with E-state index in [9.17, 15) is 4.79 Å². The normalized spacial score (nSPS) is 13.8. The summed E-state index contributed by atoms with van der Waals surface area (Å²) in [6, 6.07) is 0. The Kier molecular flexibility index (Phi) is 6.08. The van der Waals surface area contributed by atoms with Gasteiger partial charge in [-0.3, -0.25) is 4.79 Å². The number of esters is 1. The second-order valence-electron chi connectivity index (χ2n) is 2.77. The van der Waals surface area contributed by atoms with Crippen LogP contribution in [0.3, 0.4) is 0 Å². The molecule has 0 N–H and O–H groups in total. The van der Waals surface area contributed by atoms with E-state index in [2.05, 4.69) is 0 Å². The summed E-state index contributed by atoms with van der Waals surface area (Å²) in [5, 5.41) is -0.713. The average molecular weight is 225 g/mol. The van der Waals surface area contributed by atoms with Gasteiger partial charge in [-0.05, 0) is 20.8 Å². The lowest BCUT2D eigenvalue weighted by atomic mass is 10.5. The number of rotatable bonds is 6. The van der Waals surface area contributed by atoms with Gasteiger partial charge in [-0.15, -0.1) is 11.6 Å². The Labute approximate surface area is 89.5 Å². The minimum Gasteiger partial charge on any atom is -0.407 e. The smallest absolute Gasteiger partial charge is 0.328 e. The van der Waals surface area contributed by atoms with Gasteiger partial charge in [0.15, 0.2) is 0 Å². The highest BCUT2D eigenvalue weighted by molar-refractivity contribution is 6.29. The topological polar surface area (TPSA) is 44.8 Å². The van der Waals surface area contributed by atoms with E-state index < -0.39 is 17.3 Å². The standard InChI is InChI=1S/C9H17ClO4/c1-5-12-9(4,13-6-2)14-8(11)7(3)10/h7H,5-6H2,1-4H3. The monoisotopic (exact) mass is 224 g/mol. The quantitative estimate of drug-likeness (QED) is 0.393. The van der Waals surface area contributed by atoms with E-state index in [1.165, 1.54) is 13.8 Å². The lowest BCUT2D eigenvalue weighted by Gasteiger charge is -2.28. The Bertz CT molecular complexity index is 176. The molecule has 0 amide bonds. The van der Waals surface area contributed by atoms with Crippen molar-refractivity contribution >= 4 is 17.6 Å². The highest BCUT2D eigenvalue weighted by atomic mass is 35.5. The summed E-state index contributed by atoms with van der Waals surface area (Å²) in [4.78, 5) is 11.2. The lowest BCUT2D eigenvalue weighted by molar-refractivity contribution is -0.349. The Hall–Kier alpha value is -0.320. The Morgan fingerprint density at radius 3 is 2.07 bits per heavy atom. The highest BCUT2D eigenvalue weighted by Crippen LogP contribution is 2.16. The van der Waals surface area contributed by atoms with Crippen molar-refractivity contribution in [2.75, 3.05) is 13.2 Å². The molecule has 0 bridgehead atoms. The lowest BCUT2D eigenvalue weighted by Crippen LogP contribution is -2.39. The molecule has 0 aromatic rings. The molecule has 5 heteroatoms. The molecule has 0 aliphatic rings. The van der Waals surface area contributed by atoms with Crippen molar-refractivity contribution in [1.29, 1.82) is 0 Å². The summed E-state index contributed by atoms with van der Waals surface area (Å²) in [7, 11) is 0. The van der Waals surface area contributed by atoms with Gasteiger partial charge in [-0.2, -0.15) is 0 Å². The average Bonchev–Trinajstić information content (AvgIpc) is 2.04. The molecule has 0 saturated carbocycles. The predicted molar refractivity (Wildman–Crippen MR) is 53.1 cm³/mol. The van der Waals surface area contributed by atoms with Crippen LogP contribution in [0.25, 0.3) is 0 Å². The summed E-state index contributed by atoms with van der Waals surface area (Å²) in [5.41, 5.74) is 0. The molecule has 0 aliphatic heterocycles. The summed E-state index contributed by atoms with van der Waals surface area (Å²) >= 11 is 5.55. The largest absolute Gasteiger partial charge is 0.407 e. The second kappa shape index (κ2) is 6.22. The van der Waals surface area contributed by atoms with E-state index in [0.29, 0.717) is 13.2 Å².